The molecule has 0 aliphatic heterocycles. The van der Waals surface area contributed by atoms with Gasteiger partial charge in [0.05, 0.1) is 19.8 Å². The standard InChI is InChI=1S/C22H23NO6/c1-14(22(26)23-10-9-15-3-6-18(27-2)7-4-15)29-21(25)11-16-13-28-20-12-17(24)5-8-19(16)20/h3-8,12-14,24H,9-11H2,1-2H3,(H,23,26)/t14-/m0/s1. The predicted molar refractivity (Wildman–Crippen MR) is 107 cm³/mol. The number of ether oxygens (including phenoxy) is 2. The Labute approximate surface area is 168 Å². The first-order valence-corrected chi connectivity index (χ1v) is 9.25. The van der Waals surface area contributed by atoms with Crippen LogP contribution in [0.25, 0.3) is 11.0 Å². The molecule has 1 aromatic heterocycles. The number of furan rings is 1. The highest BCUT2D eigenvalue weighted by Gasteiger charge is 2.19. The zero-order valence-electron chi connectivity index (χ0n) is 16.3. The summed E-state index contributed by atoms with van der Waals surface area (Å²) < 4.78 is 15.7. The topological polar surface area (TPSA) is 98.0 Å². The molecule has 7 heteroatoms. The molecule has 29 heavy (non-hydrogen) atoms. The summed E-state index contributed by atoms with van der Waals surface area (Å²) in [6.45, 7) is 1.97. The monoisotopic (exact) mass is 397 g/mol. The van der Waals surface area contributed by atoms with Crippen molar-refractivity contribution in [2.24, 2.45) is 0 Å². The Kier molecular flexibility index (Phi) is 6.39. The van der Waals surface area contributed by atoms with Crippen LogP contribution in [-0.2, 0) is 27.2 Å². The molecule has 7 nitrogen and oxygen atoms in total. The highest BCUT2D eigenvalue weighted by atomic mass is 16.5. The third-order valence-electron chi connectivity index (χ3n) is 4.52. The fraction of sp³-hybridized carbons (Fsp3) is 0.273. The molecule has 2 N–H and O–H groups in total. The van der Waals surface area contributed by atoms with Crippen molar-refractivity contribution in [2.45, 2.75) is 25.9 Å². The molecule has 0 radical (unpaired) electrons. The molecule has 0 fully saturated rings. The van der Waals surface area contributed by atoms with Gasteiger partial charge in [0.1, 0.15) is 17.1 Å². The van der Waals surface area contributed by atoms with Gasteiger partial charge in [-0.2, -0.15) is 0 Å². The zero-order valence-corrected chi connectivity index (χ0v) is 16.3. The molecule has 0 saturated heterocycles. The molecule has 2 aromatic carbocycles. The Morgan fingerprint density at radius 1 is 1.17 bits per heavy atom. The van der Waals surface area contributed by atoms with Gasteiger partial charge in [0, 0.05) is 23.6 Å². The van der Waals surface area contributed by atoms with Crippen LogP contribution < -0.4 is 10.1 Å². The van der Waals surface area contributed by atoms with Crippen LogP contribution in [-0.4, -0.2) is 36.7 Å². The Balaban J connectivity index is 1.46. The number of aromatic hydroxyl groups is 1. The van der Waals surface area contributed by atoms with Gasteiger partial charge in [-0.15, -0.1) is 0 Å². The van der Waals surface area contributed by atoms with Gasteiger partial charge in [-0.3, -0.25) is 9.59 Å². The first kappa shape index (κ1) is 20.3. The maximum absolute atomic E-state index is 12.2. The lowest BCUT2D eigenvalue weighted by molar-refractivity contribution is -0.154. The number of nitrogens with one attached hydrogen (secondary N) is 1. The van der Waals surface area contributed by atoms with Gasteiger partial charge in [-0.05, 0) is 43.2 Å². The molecule has 0 spiro atoms. The third-order valence-corrected chi connectivity index (χ3v) is 4.52. The number of fused-ring (bicyclic) bond motifs is 1. The number of benzene rings is 2. The Bertz CT molecular complexity index is 992. The van der Waals surface area contributed by atoms with Crippen molar-refractivity contribution < 1.29 is 28.6 Å². The van der Waals surface area contributed by atoms with E-state index in [0.717, 1.165) is 16.7 Å². The fourth-order valence-corrected chi connectivity index (χ4v) is 2.92. The first-order chi connectivity index (χ1) is 14.0. The van der Waals surface area contributed by atoms with Crippen LogP contribution in [0.3, 0.4) is 0 Å². The summed E-state index contributed by atoms with van der Waals surface area (Å²) in [6.07, 6.45) is 1.18. The number of amides is 1. The molecule has 0 bridgehead atoms. The van der Waals surface area contributed by atoms with Gasteiger partial charge in [0.2, 0.25) is 0 Å². The Morgan fingerprint density at radius 3 is 2.66 bits per heavy atom. The van der Waals surface area contributed by atoms with Crippen molar-refractivity contribution in [3.05, 3.63) is 59.9 Å². The van der Waals surface area contributed by atoms with Gasteiger partial charge < -0.3 is 24.3 Å². The van der Waals surface area contributed by atoms with E-state index in [1.54, 1.807) is 13.2 Å². The van der Waals surface area contributed by atoms with Gasteiger partial charge >= 0.3 is 5.97 Å². The Hall–Kier alpha value is -3.48. The van der Waals surface area contributed by atoms with E-state index in [1.165, 1.54) is 25.3 Å². The maximum atomic E-state index is 12.2. The van der Waals surface area contributed by atoms with Crippen LogP contribution in [0.5, 0.6) is 11.5 Å². The highest BCUT2D eigenvalue weighted by molar-refractivity contribution is 5.88. The van der Waals surface area contributed by atoms with E-state index in [1.807, 2.05) is 24.3 Å². The minimum Gasteiger partial charge on any atom is -0.508 e. The Morgan fingerprint density at radius 2 is 1.93 bits per heavy atom. The lowest BCUT2D eigenvalue weighted by Crippen LogP contribution is -2.37. The van der Waals surface area contributed by atoms with E-state index in [-0.39, 0.29) is 18.1 Å². The van der Waals surface area contributed by atoms with Crippen molar-refractivity contribution in [1.82, 2.24) is 5.32 Å². The second-order valence-corrected chi connectivity index (χ2v) is 6.64. The number of carbonyl (C=O) groups excluding carboxylic acids is 2. The molecule has 0 aliphatic carbocycles. The molecule has 0 unspecified atom stereocenters. The predicted octanol–water partition coefficient (Wildman–Crippen LogP) is 2.98. The van der Waals surface area contributed by atoms with E-state index in [4.69, 9.17) is 13.9 Å². The van der Waals surface area contributed by atoms with E-state index in [2.05, 4.69) is 5.32 Å². The highest BCUT2D eigenvalue weighted by Crippen LogP contribution is 2.25. The van der Waals surface area contributed by atoms with E-state index in [9.17, 15) is 14.7 Å². The second kappa shape index (κ2) is 9.14. The maximum Gasteiger partial charge on any atom is 0.311 e. The minimum atomic E-state index is -0.902. The number of phenols is 1. The van der Waals surface area contributed by atoms with Gasteiger partial charge in [-0.25, -0.2) is 0 Å². The van der Waals surface area contributed by atoms with E-state index in [0.29, 0.717) is 24.1 Å². The van der Waals surface area contributed by atoms with Crippen molar-refractivity contribution >= 4 is 22.8 Å². The first-order valence-electron chi connectivity index (χ1n) is 9.25. The summed E-state index contributed by atoms with van der Waals surface area (Å²) in [5, 5.41) is 13.0. The molecule has 152 valence electrons. The molecule has 1 amide bonds. The van der Waals surface area contributed by atoms with E-state index >= 15 is 0 Å². The molecule has 0 saturated carbocycles. The molecule has 0 aliphatic rings. The van der Waals surface area contributed by atoms with Gasteiger partial charge in [0.25, 0.3) is 5.91 Å². The number of hydrogen-bond donors (Lipinski definition) is 2. The molecular formula is C22H23NO6. The number of carbonyl (C=O) groups is 2. The smallest absolute Gasteiger partial charge is 0.311 e. The summed E-state index contributed by atoms with van der Waals surface area (Å²) in [5.74, 6) is -0.0196. The van der Waals surface area contributed by atoms with Crippen LogP contribution in [0.15, 0.2) is 53.1 Å². The molecule has 1 atom stereocenters. The van der Waals surface area contributed by atoms with Crippen molar-refractivity contribution in [2.75, 3.05) is 13.7 Å². The number of esters is 1. The lowest BCUT2D eigenvalue weighted by Gasteiger charge is -2.13. The zero-order chi connectivity index (χ0) is 20.8. The summed E-state index contributed by atoms with van der Waals surface area (Å²) in [5.41, 5.74) is 2.18. The molecule has 1 heterocycles. The summed E-state index contributed by atoms with van der Waals surface area (Å²) in [4.78, 5) is 24.4. The van der Waals surface area contributed by atoms with Crippen LogP contribution >= 0.6 is 0 Å². The summed E-state index contributed by atoms with van der Waals surface area (Å²) >= 11 is 0. The average Bonchev–Trinajstić information content (AvgIpc) is 3.09. The fourth-order valence-electron chi connectivity index (χ4n) is 2.92. The molecule has 3 aromatic rings. The normalized spacial score (nSPS) is 11.8. The van der Waals surface area contributed by atoms with Crippen LogP contribution in [0, 0.1) is 0 Å². The summed E-state index contributed by atoms with van der Waals surface area (Å²) in [7, 11) is 1.61. The molecular weight excluding hydrogens is 374 g/mol. The third kappa shape index (κ3) is 5.28. The van der Waals surface area contributed by atoms with Crippen LogP contribution in [0.1, 0.15) is 18.1 Å². The summed E-state index contributed by atoms with van der Waals surface area (Å²) in [6, 6.07) is 12.3. The SMILES string of the molecule is COc1ccc(CCNC(=O)[C@H](C)OC(=O)Cc2coc3cc(O)ccc23)cc1. The number of hydrogen-bond acceptors (Lipinski definition) is 6. The number of rotatable bonds is 8. The minimum absolute atomic E-state index is 0.0265. The van der Waals surface area contributed by atoms with Crippen molar-refractivity contribution in [3.63, 3.8) is 0 Å². The van der Waals surface area contributed by atoms with Gasteiger partial charge in [0.15, 0.2) is 6.10 Å². The lowest BCUT2D eigenvalue weighted by atomic mass is 10.1. The molecule has 3 rings (SSSR count). The average molecular weight is 397 g/mol. The largest absolute Gasteiger partial charge is 0.508 e. The second-order valence-electron chi connectivity index (χ2n) is 6.64. The van der Waals surface area contributed by atoms with Gasteiger partial charge in [-0.1, -0.05) is 12.1 Å². The van der Waals surface area contributed by atoms with Crippen LogP contribution in [0.4, 0.5) is 0 Å². The van der Waals surface area contributed by atoms with Crippen molar-refractivity contribution in [1.29, 1.82) is 0 Å². The van der Waals surface area contributed by atoms with Crippen LogP contribution in [0.2, 0.25) is 0 Å². The quantitative estimate of drug-likeness (QED) is 0.567. The number of phenolic OH excluding ortho intramolecular Hbond substituents is 1. The van der Waals surface area contributed by atoms with E-state index < -0.39 is 12.1 Å². The van der Waals surface area contributed by atoms with Crippen molar-refractivity contribution in [3.8, 4) is 11.5 Å². The number of methoxy groups -OCH3 is 1.